The van der Waals surface area contributed by atoms with Crippen LogP contribution in [0.4, 0.5) is 0 Å². The van der Waals surface area contributed by atoms with Crippen molar-refractivity contribution in [1.29, 1.82) is 0 Å². The predicted octanol–water partition coefficient (Wildman–Crippen LogP) is 2.07. The van der Waals surface area contributed by atoms with Gasteiger partial charge in [0.25, 0.3) is 0 Å². The minimum atomic E-state index is -0.575. The quantitative estimate of drug-likeness (QED) is 0.855. The molecule has 0 aromatic heterocycles. The van der Waals surface area contributed by atoms with Gasteiger partial charge in [0.05, 0.1) is 12.0 Å². The fraction of sp³-hybridized carbons (Fsp3) is 0.500. The lowest BCUT2D eigenvalue weighted by Crippen LogP contribution is -2.36. The largest absolute Gasteiger partial charge is 0.326 e. The molecule has 2 N–H and O–H groups in total. The second-order valence-corrected chi connectivity index (χ2v) is 6.01. The number of carbonyl (C=O) groups is 2. The van der Waals surface area contributed by atoms with E-state index in [0.29, 0.717) is 19.5 Å². The highest BCUT2D eigenvalue weighted by molar-refractivity contribution is 6.05. The fourth-order valence-corrected chi connectivity index (χ4v) is 2.60. The minimum absolute atomic E-state index is 0.0654. The molecule has 0 radical (unpaired) electrons. The van der Waals surface area contributed by atoms with E-state index in [4.69, 9.17) is 5.73 Å². The van der Waals surface area contributed by atoms with Crippen LogP contribution < -0.4 is 5.73 Å². The maximum absolute atomic E-state index is 12.6. The van der Waals surface area contributed by atoms with E-state index in [9.17, 15) is 9.59 Å². The minimum Gasteiger partial charge on any atom is -0.326 e. The second-order valence-electron chi connectivity index (χ2n) is 6.01. The first-order chi connectivity index (χ1) is 9.40. The fourth-order valence-electron chi connectivity index (χ4n) is 2.60. The first-order valence-electron chi connectivity index (χ1n) is 7.01. The zero-order valence-corrected chi connectivity index (χ0v) is 12.3. The number of imide groups is 1. The van der Waals surface area contributed by atoms with Crippen molar-refractivity contribution in [3.05, 3.63) is 35.4 Å². The molecule has 0 aliphatic carbocycles. The van der Waals surface area contributed by atoms with E-state index in [-0.39, 0.29) is 17.7 Å². The maximum atomic E-state index is 12.6. The first kappa shape index (κ1) is 14.7. The van der Waals surface area contributed by atoms with Crippen LogP contribution in [0.15, 0.2) is 24.3 Å². The highest BCUT2D eigenvalue weighted by Crippen LogP contribution is 2.39. The molecule has 20 heavy (non-hydrogen) atoms. The van der Waals surface area contributed by atoms with Crippen LogP contribution in [0.2, 0.25) is 0 Å². The molecule has 4 heteroatoms. The monoisotopic (exact) mass is 274 g/mol. The van der Waals surface area contributed by atoms with Gasteiger partial charge in [0.2, 0.25) is 11.8 Å². The summed E-state index contributed by atoms with van der Waals surface area (Å²) in [6, 6.07) is 7.68. The lowest BCUT2D eigenvalue weighted by atomic mass is 9.78. The molecular formula is C16H22N2O2. The molecule has 1 saturated heterocycles. The van der Waals surface area contributed by atoms with Crippen molar-refractivity contribution in [3.63, 3.8) is 0 Å². The van der Waals surface area contributed by atoms with E-state index in [1.807, 2.05) is 45.0 Å². The summed E-state index contributed by atoms with van der Waals surface area (Å²) in [7, 11) is 0. The second kappa shape index (κ2) is 5.37. The molecule has 1 aliphatic heterocycles. The van der Waals surface area contributed by atoms with E-state index >= 15 is 0 Å². The molecule has 2 rings (SSSR count). The smallest absolute Gasteiger partial charge is 0.236 e. The molecule has 1 heterocycles. The Kier molecular flexibility index (Phi) is 3.95. The zero-order valence-electron chi connectivity index (χ0n) is 12.3. The summed E-state index contributed by atoms with van der Waals surface area (Å²) >= 11 is 0. The number of hydrogen-bond donors (Lipinski definition) is 1. The van der Waals surface area contributed by atoms with Gasteiger partial charge in [-0.05, 0) is 24.0 Å². The van der Waals surface area contributed by atoms with Crippen molar-refractivity contribution in [2.75, 3.05) is 0 Å². The molecule has 2 amide bonds. The Morgan fingerprint density at radius 1 is 1.25 bits per heavy atom. The van der Waals surface area contributed by atoms with E-state index in [0.717, 1.165) is 11.1 Å². The highest BCUT2D eigenvalue weighted by atomic mass is 16.2. The molecule has 0 saturated carbocycles. The SMILES string of the molecule is CC(C)C1(C)CC(=O)N(Cc2ccccc2CN)C1=O. The summed E-state index contributed by atoms with van der Waals surface area (Å²) in [5.41, 5.74) is 7.06. The van der Waals surface area contributed by atoms with Gasteiger partial charge in [-0.1, -0.05) is 38.1 Å². The summed E-state index contributed by atoms with van der Waals surface area (Å²) in [5, 5.41) is 0. The number of amides is 2. The van der Waals surface area contributed by atoms with Crippen LogP contribution in [0, 0.1) is 11.3 Å². The van der Waals surface area contributed by atoms with Gasteiger partial charge in [0.1, 0.15) is 0 Å². The Morgan fingerprint density at radius 2 is 1.85 bits per heavy atom. The molecule has 1 fully saturated rings. The van der Waals surface area contributed by atoms with Crippen LogP contribution in [-0.4, -0.2) is 16.7 Å². The van der Waals surface area contributed by atoms with Crippen LogP contribution >= 0.6 is 0 Å². The summed E-state index contributed by atoms with van der Waals surface area (Å²) in [6.07, 6.45) is 0.300. The Balaban J connectivity index is 2.26. The average molecular weight is 274 g/mol. The summed E-state index contributed by atoms with van der Waals surface area (Å²) in [6.45, 7) is 6.60. The van der Waals surface area contributed by atoms with E-state index in [1.54, 1.807) is 0 Å². The molecule has 4 nitrogen and oxygen atoms in total. The number of carbonyl (C=O) groups excluding carboxylic acids is 2. The lowest BCUT2D eigenvalue weighted by Gasteiger charge is -2.26. The van der Waals surface area contributed by atoms with Gasteiger partial charge in [-0.2, -0.15) is 0 Å². The van der Waals surface area contributed by atoms with Crippen LogP contribution in [-0.2, 0) is 22.7 Å². The number of hydrogen-bond acceptors (Lipinski definition) is 3. The first-order valence-corrected chi connectivity index (χ1v) is 7.01. The number of benzene rings is 1. The van der Waals surface area contributed by atoms with Gasteiger partial charge in [0.15, 0.2) is 0 Å². The molecule has 108 valence electrons. The molecule has 0 spiro atoms. The lowest BCUT2D eigenvalue weighted by molar-refractivity contribution is -0.142. The van der Waals surface area contributed by atoms with Crippen molar-refractivity contribution < 1.29 is 9.59 Å². The Morgan fingerprint density at radius 3 is 2.35 bits per heavy atom. The maximum Gasteiger partial charge on any atom is 0.236 e. The van der Waals surface area contributed by atoms with Crippen LogP contribution in [0.3, 0.4) is 0 Å². The standard InChI is InChI=1S/C16H22N2O2/c1-11(2)16(3)8-14(19)18(15(16)20)10-13-7-5-4-6-12(13)9-17/h4-7,11H,8-10,17H2,1-3H3. The van der Waals surface area contributed by atoms with Gasteiger partial charge in [0, 0.05) is 13.0 Å². The Hall–Kier alpha value is -1.68. The Labute approximate surface area is 119 Å². The highest BCUT2D eigenvalue weighted by Gasteiger charge is 2.49. The third kappa shape index (κ3) is 2.36. The van der Waals surface area contributed by atoms with E-state index in [2.05, 4.69) is 0 Å². The Bertz CT molecular complexity index is 539. The molecular weight excluding hydrogens is 252 g/mol. The van der Waals surface area contributed by atoms with Crippen molar-refractivity contribution >= 4 is 11.8 Å². The molecule has 1 aliphatic rings. The number of nitrogens with two attached hydrogens (primary N) is 1. The molecule has 0 bridgehead atoms. The zero-order chi connectivity index (χ0) is 14.9. The third-order valence-electron chi connectivity index (χ3n) is 4.49. The molecule has 1 atom stereocenters. The van der Waals surface area contributed by atoms with E-state index < -0.39 is 5.41 Å². The summed E-state index contributed by atoms with van der Waals surface area (Å²) in [4.78, 5) is 26.1. The van der Waals surface area contributed by atoms with Crippen LogP contribution in [0.5, 0.6) is 0 Å². The number of likely N-dealkylation sites (tertiary alicyclic amines) is 1. The van der Waals surface area contributed by atoms with Gasteiger partial charge in [-0.3, -0.25) is 14.5 Å². The van der Waals surface area contributed by atoms with Crippen molar-refractivity contribution in [2.45, 2.75) is 40.3 Å². The van der Waals surface area contributed by atoms with E-state index in [1.165, 1.54) is 4.90 Å². The molecule has 1 unspecified atom stereocenters. The average Bonchev–Trinajstić information content (AvgIpc) is 2.64. The van der Waals surface area contributed by atoms with Gasteiger partial charge in [-0.25, -0.2) is 0 Å². The topological polar surface area (TPSA) is 63.4 Å². The van der Waals surface area contributed by atoms with Gasteiger partial charge < -0.3 is 5.73 Å². The van der Waals surface area contributed by atoms with Crippen molar-refractivity contribution in [2.24, 2.45) is 17.1 Å². The predicted molar refractivity (Wildman–Crippen MR) is 77.5 cm³/mol. The molecule has 1 aromatic rings. The van der Waals surface area contributed by atoms with Gasteiger partial charge in [-0.15, -0.1) is 0 Å². The normalized spacial score (nSPS) is 22.9. The number of nitrogens with zero attached hydrogens (tertiary/aromatic N) is 1. The van der Waals surface area contributed by atoms with Gasteiger partial charge >= 0.3 is 0 Å². The summed E-state index contributed by atoms with van der Waals surface area (Å²) < 4.78 is 0. The molecule has 1 aromatic carbocycles. The van der Waals surface area contributed by atoms with Crippen molar-refractivity contribution in [3.8, 4) is 0 Å². The summed E-state index contributed by atoms with van der Waals surface area (Å²) in [5.74, 6) is -0.00366. The van der Waals surface area contributed by atoms with Crippen molar-refractivity contribution in [1.82, 2.24) is 4.90 Å². The van der Waals surface area contributed by atoms with Crippen LogP contribution in [0.1, 0.15) is 38.3 Å². The third-order valence-corrected chi connectivity index (χ3v) is 4.49. The number of rotatable bonds is 4. The van der Waals surface area contributed by atoms with Crippen LogP contribution in [0.25, 0.3) is 0 Å².